The van der Waals surface area contributed by atoms with Gasteiger partial charge in [0.25, 0.3) is 11.1 Å². The van der Waals surface area contributed by atoms with Crippen LogP contribution >= 0.6 is 23.1 Å². The highest BCUT2D eigenvalue weighted by molar-refractivity contribution is 8.18. The maximum atomic E-state index is 12.3. The SMILES string of the molecule is O=C1S/C(=C/c2cccs2)C(=O)N1Cc1ccccc1. The van der Waals surface area contributed by atoms with Crippen molar-refractivity contribution in [3.05, 3.63) is 63.2 Å². The average molecular weight is 301 g/mol. The molecule has 2 aromatic rings. The molecule has 5 heteroatoms. The monoisotopic (exact) mass is 301 g/mol. The lowest BCUT2D eigenvalue weighted by Gasteiger charge is -2.11. The van der Waals surface area contributed by atoms with Crippen molar-refractivity contribution < 1.29 is 9.59 Å². The van der Waals surface area contributed by atoms with E-state index in [2.05, 4.69) is 0 Å². The van der Waals surface area contributed by atoms with Crippen molar-refractivity contribution in [1.82, 2.24) is 4.90 Å². The topological polar surface area (TPSA) is 37.4 Å². The Morgan fingerprint density at radius 3 is 2.55 bits per heavy atom. The van der Waals surface area contributed by atoms with Gasteiger partial charge in [-0.3, -0.25) is 14.5 Å². The molecule has 100 valence electrons. The Kier molecular flexibility index (Phi) is 3.71. The number of rotatable bonds is 3. The van der Waals surface area contributed by atoms with Crippen LogP contribution < -0.4 is 0 Å². The van der Waals surface area contributed by atoms with E-state index < -0.39 is 0 Å². The molecular weight excluding hydrogens is 290 g/mol. The van der Waals surface area contributed by atoms with Crippen LogP contribution in [0, 0.1) is 0 Å². The van der Waals surface area contributed by atoms with Crippen molar-refractivity contribution in [3.63, 3.8) is 0 Å². The van der Waals surface area contributed by atoms with E-state index in [1.54, 1.807) is 17.4 Å². The number of imide groups is 1. The van der Waals surface area contributed by atoms with Crippen LogP contribution in [0.1, 0.15) is 10.4 Å². The molecule has 3 rings (SSSR count). The molecule has 2 heterocycles. The molecule has 1 aliphatic rings. The van der Waals surface area contributed by atoms with Crippen molar-refractivity contribution in [1.29, 1.82) is 0 Å². The third-order valence-electron chi connectivity index (χ3n) is 2.87. The summed E-state index contributed by atoms with van der Waals surface area (Å²) in [6.07, 6.45) is 1.78. The minimum absolute atomic E-state index is 0.207. The van der Waals surface area contributed by atoms with Gasteiger partial charge >= 0.3 is 0 Å². The number of amides is 2. The summed E-state index contributed by atoms with van der Waals surface area (Å²) in [6.45, 7) is 0.327. The van der Waals surface area contributed by atoms with E-state index in [4.69, 9.17) is 0 Å². The number of benzene rings is 1. The van der Waals surface area contributed by atoms with Gasteiger partial charge in [-0.25, -0.2) is 0 Å². The van der Waals surface area contributed by atoms with Crippen LogP contribution in [0.3, 0.4) is 0 Å². The molecule has 0 bridgehead atoms. The minimum atomic E-state index is -0.211. The van der Waals surface area contributed by atoms with E-state index in [-0.39, 0.29) is 11.1 Å². The van der Waals surface area contributed by atoms with Crippen LogP contribution in [0.25, 0.3) is 6.08 Å². The Morgan fingerprint density at radius 1 is 1.05 bits per heavy atom. The Balaban J connectivity index is 1.81. The lowest BCUT2D eigenvalue weighted by atomic mass is 10.2. The lowest BCUT2D eigenvalue weighted by molar-refractivity contribution is -0.123. The van der Waals surface area contributed by atoms with Crippen molar-refractivity contribution >= 4 is 40.3 Å². The first-order valence-corrected chi connectivity index (χ1v) is 7.76. The van der Waals surface area contributed by atoms with E-state index in [1.807, 2.05) is 47.8 Å². The first-order valence-electron chi connectivity index (χ1n) is 6.07. The first-order chi connectivity index (χ1) is 9.74. The Labute approximate surface area is 124 Å². The fourth-order valence-electron chi connectivity index (χ4n) is 1.90. The molecule has 0 atom stereocenters. The third-order valence-corrected chi connectivity index (χ3v) is 4.60. The van der Waals surface area contributed by atoms with Gasteiger partial charge in [0.15, 0.2) is 0 Å². The summed E-state index contributed by atoms with van der Waals surface area (Å²) < 4.78 is 0. The number of carbonyl (C=O) groups is 2. The zero-order chi connectivity index (χ0) is 13.9. The predicted molar refractivity (Wildman–Crippen MR) is 82.3 cm³/mol. The molecule has 1 aromatic carbocycles. The van der Waals surface area contributed by atoms with E-state index >= 15 is 0 Å². The van der Waals surface area contributed by atoms with Gasteiger partial charge in [0.2, 0.25) is 0 Å². The largest absolute Gasteiger partial charge is 0.293 e. The number of thioether (sulfide) groups is 1. The second-order valence-corrected chi connectivity index (χ2v) is 6.24. The van der Waals surface area contributed by atoms with E-state index in [0.29, 0.717) is 11.4 Å². The normalized spacial score (nSPS) is 17.2. The number of thiophene rings is 1. The van der Waals surface area contributed by atoms with Crippen molar-refractivity contribution in [2.45, 2.75) is 6.54 Å². The maximum absolute atomic E-state index is 12.3. The number of nitrogens with zero attached hydrogens (tertiary/aromatic N) is 1. The molecule has 0 unspecified atom stereocenters. The Bertz CT molecular complexity index is 662. The molecular formula is C15H11NO2S2. The van der Waals surface area contributed by atoms with Gasteiger partial charge in [-0.15, -0.1) is 11.3 Å². The minimum Gasteiger partial charge on any atom is -0.268 e. The summed E-state index contributed by atoms with van der Waals surface area (Å²) in [4.78, 5) is 27.0. The fraction of sp³-hybridized carbons (Fsp3) is 0.0667. The molecule has 20 heavy (non-hydrogen) atoms. The molecule has 1 saturated heterocycles. The van der Waals surface area contributed by atoms with Crippen LogP contribution in [-0.4, -0.2) is 16.0 Å². The molecule has 0 aliphatic carbocycles. The maximum Gasteiger partial charge on any atom is 0.293 e. The molecule has 0 N–H and O–H groups in total. The van der Waals surface area contributed by atoms with Gasteiger partial charge in [-0.2, -0.15) is 0 Å². The quantitative estimate of drug-likeness (QED) is 0.805. The number of carbonyl (C=O) groups excluding carboxylic acids is 2. The summed E-state index contributed by atoms with van der Waals surface area (Å²) in [6, 6.07) is 13.4. The smallest absolute Gasteiger partial charge is 0.268 e. The third kappa shape index (κ3) is 2.69. The van der Waals surface area contributed by atoms with Gasteiger partial charge in [-0.05, 0) is 34.8 Å². The molecule has 0 saturated carbocycles. The molecule has 0 spiro atoms. The summed E-state index contributed by atoms with van der Waals surface area (Å²) in [7, 11) is 0. The Morgan fingerprint density at radius 2 is 1.85 bits per heavy atom. The Hall–Kier alpha value is -1.85. The summed E-state index contributed by atoms with van der Waals surface area (Å²) in [5, 5.41) is 1.74. The molecule has 1 aromatic heterocycles. The second-order valence-electron chi connectivity index (χ2n) is 4.27. The van der Waals surface area contributed by atoms with Crippen LogP contribution in [0.15, 0.2) is 52.7 Å². The summed E-state index contributed by atoms with van der Waals surface area (Å²) in [5.74, 6) is -0.211. The van der Waals surface area contributed by atoms with Gasteiger partial charge in [-0.1, -0.05) is 36.4 Å². The van der Waals surface area contributed by atoms with Crippen LogP contribution in [0.2, 0.25) is 0 Å². The van der Waals surface area contributed by atoms with E-state index in [9.17, 15) is 9.59 Å². The summed E-state index contributed by atoms with van der Waals surface area (Å²) in [5.41, 5.74) is 0.951. The highest BCUT2D eigenvalue weighted by Crippen LogP contribution is 2.33. The molecule has 2 amide bonds. The van der Waals surface area contributed by atoms with Gasteiger partial charge in [0, 0.05) is 4.88 Å². The van der Waals surface area contributed by atoms with E-state index in [0.717, 1.165) is 22.2 Å². The molecule has 3 nitrogen and oxygen atoms in total. The summed E-state index contributed by atoms with van der Waals surface area (Å²) >= 11 is 2.55. The second kappa shape index (κ2) is 5.64. The molecule has 1 aliphatic heterocycles. The highest BCUT2D eigenvalue weighted by atomic mass is 32.2. The zero-order valence-corrected chi connectivity index (χ0v) is 12.1. The standard InChI is InChI=1S/C15H11NO2S2/c17-14-13(9-12-7-4-8-19-12)20-15(18)16(14)10-11-5-2-1-3-6-11/h1-9H,10H2/b13-9+. The zero-order valence-electron chi connectivity index (χ0n) is 10.5. The average Bonchev–Trinajstić information content (AvgIpc) is 3.05. The molecule has 1 fully saturated rings. The van der Waals surface area contributed by atoms with Crippen molar-refractivity contribution in [2.75, 3.05) is 0 Å². The van der Waals surface area contributed by atoms with Crippen LogP contribution in [-0.2, 0) is 11.3 Å². The van der Waals surface area contributed by atoms with E-state index in [1.165, 1.54) is 4.90 Å². The van der Waals surface area contributed by atoms with Gasteiger partial charge < -0.3 is 0 Å². The molecule has 0 radical (unpaired) electrons. The lowest BCUT2D eigenvalue weighted by Crippen LogP contribution is -2.27. The van der Waals surface area contributed by atoms with Gasteiger partial charge in [0.1, 0.15) is 0 Å². The number of hydrogen-bond donors (Lipinski definition) is 0. The first kappa shape index (κ1) is 13.1. The van der Waals surface area contributed by atoms with Crippen molar-refractivity contribution in [2.24, 2.45) is 0 Å². The number of hydrogen-bond acceptors (Lipinski definition) is 4. The fourth-order valence-corrected chi connectivity index (χ4v) is 3.47. The van der Waals surface area contributed by atoms with Crippen LogP contribution in [0.4, 0.5) is 4.79 Å². The predicted octanol–water partition coefficient (Wildman–Crippen LogP) is 3.98. The van der Waals surface area contributed by atoms with Crippen molar-refractivity contribution in [3.8, 4) is 0 Å². The van der Waals surface area contributed by atoms with Crippen LogP contribution in [0.5, 0.6) is 0 Å². The van der Waals surface area contributed by atoms with Gasteiger partial charge in [0.05, 0.1) is 11.4 Å². The highest BCUT2D eigenvalue weighted by Gasteiger charge is 2.34.